The molecule has 0 aliphatic rings. The van der Waals surface area contributed by atoms with Crippen molar-refractivity contribution in [1.82, 2.24) is 4.98 Å². The van der Waals surface area contributed by atoms with Gasteiger partial charge in [-0.3, -0.25) is 4.79 Å². The van der Waals surface area contributed by atoms with Crippen LogP contribution in [-0.4, -0.2) is 11.0 Å². The minimum atomic E-state index is -4.04. The Morgan fingerprint density at radius 1 is 1.55 bits per heavy atom. The minimum Gasteiger partial charge on any atom is -0.360 e. The van der Waals surface area contributed by atoms with Crippen molar-refractivity contribution in [2.45, 2.75) is 5.92 Å². The van der Waals surface area contributed by atoms with Crippen molar-refractivity contribution in [2.24, 2.45) is 0 Å². The van der Waals surface area contributed by atoms with E-state index in [-0.39, 0.29) is 0 Å². The number of nitrogens with one attached hydrogen (secondary N) is 1. The van der Waals surface area contributed by atoms with Gasteiger partial charge in [0, 0.05) is 6.20 Å². The van der Waals surface area contributed by atoms with Crippen LogP contribution in [0, 0.1) is 0 Å². The molecule has 0 aliphatic carbocycles. The van der Waals surface area contributed by atoms with Gasteiger partial charge in [-0.05, 0) is 12.1 Å². The van der Waals surface area contributed by atoms with Crippen LogP contribution in [0.2, 0.25) is 0 Å². The molecule has 1 aromatic rings. The van der Waals surface area contributed by atoms with E-state index in [9.17, 15) is 18.0 Å². The van der Waals surface area contributed by atoms with Crippen LogP contribution in [-0.2, 0) is 10.7 Å². The third kappa shape index (κ3) is 1.26. The Bertz CT molecular complexity index is 255. The average Bonchev–Trinajstić information content (AvgIpc) is 2.37. The summed E-state index contributed by atoms with van der Waals surface area (Å²) in [6, 6.07) is -0.455. The Labute approximate surface area is 60.0 Å². The second-order valence-corrected chi connectivity index (χ2v) is 1.93. The Hall–Kier alpha value is -1.26. The number of aromatic amines is 1. The molecule has 60 valence electrons. The summed E-state index contributed by atoms with van der Waals surface area (Å²) in [5.74, 6) is -4.04. The molecular formula is C6H4F3NO. The topological polar surface area (TPSA) is 32.9 Å². The zero-order valence-corrected chi connectivity index (χ0v) is 5.27. The fourth-order valence-corrected chi connectivity index (χ4v) is 0.632. The van der Waals surface area contributed by atoms with E-state index in [1.54, 1.807) is 0 Å². The van der Waals surface area contributed by atoms with Gasteiger partial charge in [0.15, 0.2) is 0 Å². The molecule has 0 amide bonds. The third-order valence-electron chi connectivity index (χ3n) is 1.18. The molecule has 0 aromatic carbocycles. The average molecular weight is 163 g/mol. The summed E-state index contributed by atoms with van der Waals surface area (Å²) in [5, 5.41) is 0. The number of H-pyrrole nitrogens is 1. The monoisotopic (exact) mass is 163 g/mol. The normalized spacial score (nSPS) is 11.5. The zero-order valence-electron chi connectivity index (χ0n) is 5.27. The maximum atomic E-state index is 12.4. The highest BCUT2D eigenvalue weighted by Gasteiger charge is 2.42. The van der Waals surface area contributed by atoms with E-state index in [1.807, 2.05) is 4.98 Å². The molecule has 1 rings (SSSR count). The van der Waals surface area contributed by atoms with Crippen molar-refractivity contribution in [3.63, 3.8) is 0 Å². The van der Waals surface area contributed by atoms with Gasteiger partial charge in [0.1, 0.15) is 0 Å². The van der Waals surface area contributed by atoms with Crippen molar-refractivity contribution in [2.75, 3.05) is 0 Å². The van der Waals surface area contributed by atoms with Gasteiger partial charge in [-0.15, -0.1) is 0 Å². The quantitative estimate of drug-likeness (QED) is 0.660. The number of halogens is 3. The predicted molar refractivity (Wildman–Crippen MR) is 30.8 cm³/mol. The molecule has 0 unspecified atom stereocenters. The van der Waals surface area contributed by atoms with Crippen LogP contribution in [0.15, 0.2) is 18.3 Å². The number of carbonyl (C=O) groups is 1. The van der Waals surface area contributed by atoms with E-state index >= 15 is 0 Å². The zero-order chi connectivity index (χ0) is 8.48. The highest BCUT2D eigenvalue weighted by atomic mass is 19.3. The molecule has 0 atom stereocenters. The van der Waals surface area contributed by atoms with Crippen molar-refractivity contribution >= 4 is 6.04 Å². The summed E-state index contributed by atoms with van der Waals surface area (Å²) >= 11 is 0. The predicted octanol–water partition coefficient (Wildman–Crippen LogP) is 1.60. The van der Waals surface area contributed by atoms with E-state index in [0.29, 0.717) is 0 Å². The fraction of sp³-hybridized carbons (Fsp3) is 0.167. The number of aromatic nitrogens is 1. The van der Waals surface area contributed by atoms with Crippen molar-refractivity contribution in [1.29, 1.82) is 0 Å². The van der Waals surface area contributed by atoms with Gasteiger partial charge < -0.3 is 4.98 Å². The highest BCUT2D eigenvalue weighted by molar-refractivity contribution is 5.77. The summed E-state index contributed by atoms with van der Waals surface area (Å²) in [6.45, 7) is 0. The maximum absolute atomic E-state index is 12.4. The van der Waals surface area contributed by atoms with Crippen LogP contribution in [0.25, 0.3) is 0 Å². The van der Waals surface area contributed by atoms with E-state index in [2.05, 4.69) is 0 Å². The molecule has 0 bridgehead atoms. The Morgan fingerprint density at radius 3 is 2.55 bits per heavy atom. The number of carbonyl (C=O) groups excluding carboxylic acids is 1. The fourth-order valence-electron chi connectivity index (χ4n) is 0.632. The lowest BCUT2D eigenvalue weighted by Crippen LogP contribution is -2.22. The van der Waals surface area contributed by atoms with Gasteiger partial charge in [0.25, 0.3) is 0 Å². The lowest BCUT2D eigenvalue weighted by Gasteiger charge is -2.06. The molecule has 0 saturated carbocycles. The number of hydrogen-bond donors (Lipinski definition) is 1. The second-order valence-electron chi connectivity index (χ2n) is 1.93. The molecule has 1 N–H and O–H groups in total. The van der Waals surface area contributed by atoms with Crippen molar-refractivity contribution in [3.05, 3.63) is 24.0 Å². The largest absolute Gasteiger partial charge is 0.376 e. The van der Waals surface area contributed by atoms with Crippen molar-refractivity contribution in [3.8, 4) is 0 Å². The molecule has 0 radical (unpaired) electrons. The van der Waals surface area contributed by atoms with E-state index < -0.39 is 17.7 Å². The lowest BCUT2D eigenvalue weighted by atomic mass is 10.2. The molecule has 0 aliphatic heterocycles. The maximum Gasteiger partial charge on any atom is 0.376 e. The van der Waals surface area contributed by atoms with E-state index in [4.69, 9.17) is 0 Å². The first-order valence-electron chi connectivity index (χ1n) is 2.77. The SMILES string of the molecule is O=C(F)C(F)(F)c1ccc[nH]1. The lowest BCUT2D eigenvalue weighted by molar-refractivity contribution is -0.157. The van der Waals surface area contributed by atoms with Crippen molar-refractivity contribution < 1.29 is 18.0 Å². The molecule has 1 aromatic heterocycles. The summed E-state index contributed by atoms with van der Waals surface area (Å²) in [6.07, 6.45) is 1.19. The molecule has 5 heteroatoms. The van der Waals surface area contributed by atoms with Gasteiger partial charge in [-0.1, -0.05) is 0 Å². The first kappa shape index (κ1) is 7.84. The molecule has 1 heterocycles. The number of alkyl halides is 2. The molecule has 11 heavy (non-hydrogen) atoms. The summed E-state index contributed by atoms with van der Waals surface area (Å²) < 4.78 is 36.3. The molecule has 0 fully saturated rings. The minimum absolute atomic E-state index is 0.731. The van der Waals surface area contributed by atoms with E-state index in [1.165, 1.54) is 12.3 Å². The highest BCUT2D eigenvalue weighted by Crippen LogP contribution is 2.27. The third-order valence-corrected chi connectivity index (χ3v) is 1.18. The van der Waals surface area contributed by atoms with E-state index in [0.717, 1.165) is 6.07 Å². The van der Waals surface area contributed by atoms with Crippen LogP contribution in [0.3, 0.4) is 0 Å². The standard InChI is InChI=1S/C6H4F3NO/c7-5(11)6(8,9)4-2-1-3-10-4/h1-3,10H. The van der Waals surface area contributed by atoms with Crippen LogP contribution in [0.4, 0.5) is 13.2 Å². The number of hydrogen-bond acceptors (Lipinski definition) is 1. The molecule has 2 nitrogen and oxygen atoms in total. The van der Waals surface area contributed by atoms with Crippen LogP contribution in [0.5, 0.6) is 0 Å². The molecule has 0 saturated heterocycles. The summed E-state index contributed by atoms with van der Waals surface area (Å²) in [5.41, 5.74) is -0.731. The molecule has 0 spiro atoms. The van der Waals surface area contributed by atoms with Gasteiger partial charge in [-0.25, -0.2) is 0 Å². The molecular weight excluding hydrogens is 159 g/mol. The Morgan fingerprint density at radius 2 is 2.18 bits per heavy atom. The number of rotatable bonds is 2. The smallest absolute Gasteiger partial charge is 0.360 e. The van der Waals surface area contributed by atoms with Crippen LogP contribution in [0.1, 0.15) is 5.69 Å². The summed E-state index contributed by atoms with van der Waals surface area (Å²) in [7, 11) is 0. The summed E-state index contributed by atoms with van der Waals surface area (Å²) in [4.78, 5) is 11.8. The van der Waals surface area contributed by atoms with Gasteiger partial charge in [-0.2, -0.15) is 13.2 Å². The first-order chi connectivity index (χ1) is 5.05. The van der Waals surface area contributed by atoms with Crippen LogP contribution < -0.4 is 0 Å². The first-order valence-corrected chi connectivity index (χ1v) is 2.77. The Kier molecular flexibility index (Phi) is 1.72. The van der Waals surface area contributed by atoms with Gasteiger partial charge in [0.2, 0.25) is 0 Å². The van der Waals surface area contributed by atoms with Crippen LogP contribution >= 0.6 is 0 Å². The van der Waals surface area contributed by atoms with Gasteiger partial charge in [0.05, 0.1) is 5.69 Å². The second kappa shape index (κ2) is 2.41. The Balaban J connectivity index is 3.00. The van der Waals surface area contributed by atoms with Gasteiger partial charge >= 0.3 is 12.0 Å².